The molecule has 0 aliphatic carbocycles. The number of aromatic nitrogens is 5. The van der Waals surface area contributed by atoms with Gasteiger partial charge in [-0.15, -0.1) is 0 Å². The van der Waals surface area contributed by atoms with Gasteiger partial charge in [-0.2, -0.15) is 0 Å². The van der Waals surface area contributed by atoms with Crippen LogP contribution in [0.5, 0.6) is 0 Å². The first-order valence-corrected chi connectivity index (χ1v) is 8.31. The standard InChI is InChI=1S/C20H14N5/c1-2-6-15(7-3-1)25-17-11-16-12-21-9-10-23(16)19(17)24-13-14-5-4-8-22-18(14)20(24)25/h1-12H,13H2/q+1. The Bertz CT molecular complexity index is 1260. The van der Waals surface area contributed by atoms with E-state index in [2.05, 4.69) is 59.9 Å². The minimum absolute atomic E-state index is 0.837. The average molecular weight is 324 g/mol. The number of nitrogens with zero attached hydrogens (tertiary/aromatic N) is 5. The Morgan fingerprint density at radius 3 is 2.84 bits per heavy atom. The van der Waals surface area contributed by atoms with E-state index >= 15 is 0 Å². The normalized spacial score (nSPS) is 12.6. The first kappa shape index (κ1) is 12.9. The van der Waals surface area contributed by atoms with Crippen LogP contribution in [-0.2, 0) is 6.54 Å². The Hall–Kier alpha value is -3.47. The fraction of sp³-hybridized carbons (Fsp3) is 0.0500. The summed E-state index contributed by atoms with van der Waals surface area (Å²) in [4.78, 5) is 8.95. The number of fused-ring (bicyclic) bond motifs is 7. The lowest BCUT2D eigenvalue weighted by molar-refractivity contribution is -0.648. The van der Waals surface area contributed by atoms with Crippen molar-refractivity contribution in [2.45, 2.75) is 6.54 Å². The van der Waals surface area contributed by atoms with Crippen molar-refractivity contribution in [2.24, 2.45) is 0 Å². The highest BCUT2D eigenvalue weighted by Crippen LogP contribution is 2.33. The second kappa shape index (κ2) is 4.54. The first-order valence-electron chi connectivity index (χ1n) is 8.31. The molecule has 0 spiro atoms. The molecule has 0 saturated heterocycles. The summed E-state index contributed by atoms with van der Waals surface area (Å²) in [5.41, 5.74) is 6.90. The van der Waals surface area contributed by atoms with E-state index in [9.17, 15) is 0 Å². The minimum atomic E-state index is 0.837. The van der Waals surface area contributed by atoms with E-state index in [1.807, 2.05) is 36.9 Å². The molecule has 5 heterocycles. The number of hydrogen-bond acceptors (Lipinski definition) is 2. The van der Waals surface area contributed by atoms with Crippen molar-refractivity contribution in [2.75, 3.05) is 0 Å². The third-order valence-electron chi connectivity index (χ3n) is 4.94. The van der Waals surface area contributed by atoms with E-state index < -0.39 is 0 Å². The largest absolute Gasteiger partial charge is 0.274 e. The molecule has 0 unspecified atom stereocenters. The van der Waals surface area contributed by atoms with Crippen LogP contribution < -0.4 is 4.57 Å². The molecule has 0 atom stereocenters. The molecule has 0 bridgehead atoms. The predicted molar refractivity (Wildman–Crippen MR) is 94.6 cm³/mol. The Balaban J connectivity index is 1.83. The average Bonchev–Trinajstić information content (AvgIpc) is 3.29. The van der Waals surface area contributed by atoms with Crippen LogP contribution in [0.4, 0.5) is 0 Å². The van der Waals surface area contributed by atoms with Crippen LogP contribution in [0.15, 0.2) is 73.3 Å². The van der Waals surface area contributed by atoms with Gasteiger partial charge in [0.1, 0.15) is 16.9 Å². The van der Waals surface area contributed by atoms with E-state index in [0.29, 0.717) is 0 Å². The first-order chi connectivity index (χ1) is 12.4. The van der Waals surface area contributed by atoms with Crippen LogP contribution in [0.1, 0.15) is 5.56 Å². The van der Waals surface area contributed by atoms with Crippen LogP contribution in [0, 0.1) is 0 Å². The fourth-order valence-electron chi connectivity index (χ4n) is 3.93. The molecule has 0 amide bonds. The third-order valence-corrected chi connectivity index (χ3v) is 4.94. The monoisotopic (exact) mass is 324 g/mol. The highest BCUT2D eigenvalue weighted by atomic mass is 15.3. The number of pyridine rings is 1. The molecule has 118 valence electrons. The van der Waals surface area contributed by atoms with Crippen LogP contribution in [0.3, 0.4) is 0 Å². The van der Waals surface area contributed by atoms with E-state index in [4.69, 9.17) is 0 Å². The molecule has 25 heavy (non-hydrogen) atoms. The lowest BCUT2D eigenvalue weighted by Gasteiger charge is -2.02. The molecule has 5 aromatic rings. The SMILES string of the molecule is c1ccc(-n2c3[n+](c4c2cc2cnccn24)Cc2cccnc2-3)cc1. The Morgan fingerprint density at radius 2 is 1.92 bits per heavy atom. The molecule has 6 rings (SSSR count). The van der Waals surface area contributed by atoms with E-state index in [-0.39, 0.29) is 0 Å². The summed E-state index contributed by atoms with van der Waals surface area (Å²) in [6.45, 7) is 0.837. The molecule has 5 heteroatoms. The van der Waals surface area contributed by atoms with Crippen molar-refractivity contribution in [1.29, 1.82) is 0 Å². The van der Waals surface area contributed by atoms with Crippen molar-refractivity contribution in [3.8, 4) is 17.2 Å². The zero-order valence-electron chi connectivity index (χ0n) is 13.4. The fourth-order valence-corrected chi connectivity index (χ4v) is 3.93. The smallest absolute Gasteiger partial charge is 0.258 e. The van der Waals surface area contributed by atoms with E-state index in [1.54, 1.807) is 0 Å². The molecule has 1 aliphatic rings. The lowest BCUT2D eigenvalue weighted by atomic mass is 10.2. The molecule has 0 saturated carbocycles. The highest BCUT2D eigenvalue weighted by molar-refractivity contribution is 5.84. The van der Waals surface area contributed by atoms with Crippen LogP contribution in [0.25, 0.3) is 33.9 Å². The molecular weight excluding hydrogens is 310 g/mol. The maximum Gasteiger partial charge on any atom is 0.274 e. The van der Waals surface area contributed by atoms with E-state index in [0.717, 1.165) is 29.3 Å². The summed E-state index contributed by atoms with van der Waals surface area (Å²) in [6.07, 6.45) is 7.63. The van der Waals surface area contributed by atoms with Gasteiger partial charge < -0.3 is 0 Å². The quantitative estimate of drug-likeness (QED) is 0.436. The highest BCUT2D eigenvalue weighted by Gasteiger charge is 2.35. The van der Waals surface area contributed by atoms with Gasteiger partial charge in [0.05, 0.1) is 25.1 Å². The summed E-state index contributed by atoms with van der Waals surface area (Å²) in [6, 6.07) is 16.8. The van der Waals surface area contributed by atoms with Gasteiger partial charge in [0.15, 0.2) is 5.52 Å². The summed E-state index contributed by atoms with van der Waals surface area (Å²) in [5.74, 6) is 1.14. The van der Waals surface area contributed by atoms with Gasteiger partial charge in [0.2, 0.25) is 0 Å². The van der Waals surface area contributed by atoms with Crippen molar-refractivity contribution in [3.63, 3.8) is 0 Å². The number of hydrogen-bond donors (Lipinski definition) is 0. The second-order valence-electron chi connectivity index (χ2n) is 6.32. The van der Waals surface area contributed by atoms with Crippen LogP contribution >= 0.6 is 0 Å². The van der Waals surface area contributed by atoms with Gasteiger partial charge in [-0.25, -0.2) is 18.5 Å². The minimum Gasteiger partial charge on any atom is -0.258 e. The third kappa shape index (κ3) is 1.59. The topological polar surface area (TPSA) is 39.0 Å². The predicted octanol–water partition coefficient (Wildman–Crippen LogP) is 2.99. The van der Waals surface area contributed by atoms with Crippen LogP contribution in [-0.4, -0.2) is 18.9 Å². The van der Waals surface area contributed by atoms with Crippen molar-refractivity contribution >= 4 is 16.7 Å². The Kier molecular flexibility index (Phi) is 2.34. The van der Waals surface area contributed by atoms with Gasteiger partial charge in [-0.1, -0.05) is 24.3 Å². The Labute approximate surface area is 143 Å². The number of rotatable bonds is 1. The van der Waals surface area contributed by atoms with Gasteiger partial charge >= 0.3 is 0 Å². The van der Waals surface area contributed by atoms with Gasteiger partial charge in [-0.05, 0) is 18.2 Å². The molecule has 5 nitrogen and oxygen atoms in total. The van der Waals surface area contributed by atoms with Crippen LogP contribution in [0.2, 0.25) is 0 Å². The maximum atomic E-state index is 4.68. The summed E-state index contributed by atoms with van der Waals surface area (Å²) < 4.78 is 6.87. The molecule has 4 aromatic heterocycles. The number of imidazole rings is 1. The summed E-state index contributed by atoms with van der Waals surface area (Å²) in [5, 5.41) is 0. The molecule has 1 aliphatic heterocycles. The van der Waals surface area contributed by atoms with E-state index in [1.165, 1.54) is 16.7 Å². The van der Waals surface area contributed by atoms with Crippen molar-refractivity contribution < 1.29 is 4.57 Å². The van der Waals surface area contributed by atoms with Crippen molar-refractivity contribution in [3.05, 3.63) is 78.9 Å². The summed E-state index contributed by atoms with van der Waals surface area (Å²) >= 11 is 0. The lowest BCUT2D eigenvalue weighted by Crippen LogP contribution is -2.32. The molecule has 1 aromatic carbocycles. The summed E-state index contributed by atoms with van der Waals surface area (Å²) in [7, 11) is 0. The zero-order valence-corrected chi connectivity index (χ0v) is 13.4. The molecule has 0 fully saturated rings. The van der Waals surface area contributed by atoms with Crippen molar-refractivity contribution in [1.82, 2.24) is 18.9 Å². The maximum absolute atomic E-state index is 4.68. The molecule has 0 radical (unpaired) electrons. The van der Waals surface area contributed by atoms with Gasteiger partial charge in [0.25, 0.3) is 11.5 Å². The van der Waals surface area contributed by atoms with Gasteiger partial charge in [-0.3, -0.25) is 4.98 Å². The Morgan fingerprint density at radius 1 is 1.00 bits per heavy atom. The molecule has 0 N–H and O–H groups in total. The molecular formula is C20H14N5+. The zero-order chi connectivity index (χ0) is 16.4. The van der Waals surface area contributed by atoms with Gasteiger partial charge in [0, 0.05) is 17.8 Å². The number of para-hydroxylation sites is 1. The number of benzene rings is 1. The second-order valence-corrected chi connectivity index (χ2v) is 6.32.